The SMILES string of the molecule is [CH2]OCC(C)c1ccccc1[N+](=O)[O-]. The summed E-state index contributed by atoms with van der Waals surface area (Å²) in [5, 5.41) is 10.7. The number of rotatable bonds is 4. The van der Waals surface area contributed by atoms with Gasteiger partial charge in [0.05, 0.1) is 18.6 Å². The van der Waals surface area contributed by atoms with Crippen molar-refractivity contribution in [1.29, 1.82) is 0 Å². The molecule has 0 aliphatic rings. The van der Waals surface area contributed by atoms with Crippen molar-refractivity contribution in [2.24, 2.45) is 0 Å². The summed E-state index contributed by atoms with van der Waals surface area (Å²) in [5.74, 6) is -0.0194. The molecular formula is C10H12NO3. The highest BCUT2D eigenvalue weighted by atomic mass is 16.6. The van der Waals surface area contributed by atoms with Gasteiger partial charge in [-0.05, 0) is 0 Å². The van der Waals surface area contributed by atoms with E-state index in [1.54, 1.807) is 18.2 Å². The Kier molecular flexibility index (Phi) is 3.59. The lowest BCUT2D eigenvalue weighted by molar-refractivity contribution is -0.385. The molecule has 0 aliphatic heterocycles. The van der Waals surface area contributed by atoms with Gasteiger partial charge in [-0.15, -0.1) is 0 Å². The Balaban J connectivity index is 3.00. The van der Waals surface area contributed by atoms with Gasteiger partial charge in [-0.2, -0.15) is 0 Å². The average molecular weight is 194 g/mol. The molecule has 0 spiro atoms. The zero-order valence-electron chi connectivity index (χ0n) is 7.97. The number of nitro benzene ring substituents is 1. The molecule has 1 aromatic rings. The van der Waals surface area contributed by atoms with E-state index in [1.807, 2.05) is 6.92 Å². The molecule has 0 amide bonds. The first kappa shape index (κ1) is 10.7. The monoisotopic (exact) mass is 194 g/mol. The maximum atomic E-state index is 10.7. The van der Waals surface area contributed by atoms with Crippen LogP contribution in [-0.4, -0.2) is 11.5 Å². The maximum Gasteiger partial charge on any atom is 0.272 e. The van der Waals surface area contributed by atoms with Crippen LogP contribution in [0.25, 0.3) is 0 Å². The van der Waals surface area contributed by atoms with Crippen molar-refractivity contribution in [3.63, 3.8) is 0 Å². The summed E-state index contributed by atoms with van der Waals surface area (Å²) < 4.78 is 4.72. The maximum absolute atomic E-state index is 10.7. The quantitative estimate of drug-likeness (QED) is 0.546. The summed E-state index contributed by atoms with van der Waals surface area (Å²) in [6, 6.07) is 6.66. The number of nitrogens with zero attached hydrogens (tertiary/aromatic N) is 1. The minimum atomic E-state index is -0.380. The molecule has 1 rings (SSSR count). The lowest BCUT2D eigenvalue weighted by Crippen LogP contribution is -2.04. The van der Waals surface area contributed by atoms with E-state index in [0.717, 1.165) is 0 Å². The van der Waals surface area contributed by atoms with E-state index in [4.69, 9.17) is 4.74 Å². The van der Waals surface area contributed by atoms with Gasteiger partial charge in [-0.3, -0.25) is 10.1 Å². The van der Waals surface area contributed by atoms with E-state index < -0.39 is 0 Å². The highest BCUT2D eigenvalue weighted by Gasteiger charge is 2.17. The van der Waals surface area contributed by atoms with Crippen LogP contribution < -0.4 is 0 Å². The fraction of sp³-hybridized carbons (Fsp3) is 0.300. The van der Waals surface area contributed by atoms with Crippen LogP contribution in [0.15, 0.2) is 24.3 Å². The molecule has 0 bridgehead atoms. The molecule has 4 nitrogen and oxygen atoms in total. The third-order valence-corrected chi connectivity index (χ3v) is 2.03. The summed E-state index contributed by atoms with van der Waals surface area (Å²) >= 11 is 0. The zero-order valence-corrected chi connectivity index (χ0v) is 7.97. The van der Waals surface area contributed by atoms with E-state index >= 15 is 0 Å². The molecule has 0 aromatic heterocycles. The molecule has 0 heterocycles. The normalized spacial score (nSPS) is 12.4. The van der Waals surface area contributed by atoms with Crippen molar-refractivity contribution in [2.75, 3.05) is 6.61 Å². The fourth-order valence-electron chi connectivity index (χ4n) is 1.34. The van der Waals surface area contributed by atoms with Gasteiger partial charge in [0.1, 0.15) is 0 Å². The van der Waals surface area contributed by atoms with Crippen LogP contribution >= 0.6 is 0 Å². The molecule has 0 aliphatic carbocycles. The third kappa shape index (κ3) is 2.29. The average Bonchev–Trinajstić information content (AvgIpc) is 2.18. The summed E-state index contributed by atoms with van der Waals surface area (Å²) in [5.41, 5.74) is 0.818. The molecule has 14 heavy (non-hydrogen) atoms. The smallest absolute Gasteiger partial charge is 0.272 e. The number of para-hydroxylation sites is 1. The number of hydrogen-bond donors (Lipinski definition) is 0. The Morgan fingerprint density at radius 3 is 2.79 bits per heavy atom. The Morgan fingerprint density at radius 2 is 2.21 bits per heavy atom. The molecule has 0 N–H and O–H groups in total. The highest BCUT2D eigenvalue weighted by Crippen LogP contribution is 2.25. The van der Waals surface area contributed by atoms with Gasteiger partial charge in [-0.1, -0.05) is 25.1 Å². The third-order valence-electron chi connectivity index (χ3n) is 2.03. The summed E-state index contributed by atoms with van der Waals surface area (Å²) in [6.07, 6.45) is 0. The van der Waals surface area contributed by atoms with Crippen molar-refractivity contribution in [3.05, 3.63) is 47.1 Å². The predicted octanol–water partition coefficient (Wildman–Crippen LogP) is 2.51. The first-order valence-corrected chi connectivity index (χ1v) is 4.27. The van der Waals surface area contributed by atoms with Gasteiger partial charge in [0, 0.05) is 17.5 Å². The lowest BCUT2D eigenvalue weighted by atomic mass is 10.0. The van der Waals surface area contributed by atoms with Crippen LogP contribution in [0, 0.1) is 17.2 Å². The highest BCUT2D eigenvalue weighted by molar-refractivity contribution is 5.42. The Labute approximate surface area is 82.7 Å². The van der Waals surface area contributed by atoms with Crippen LogP contribution in [0.5, 0.6) is 0 Å². The van der Waals surface area contributed by atoms with Gasteiger partial charge in [0.25, 0.3) is 5.69 Å². The van der Waals surface area contributed by atoms with Crippen molar-refractivity contribution in [1.82, 2.24) is 0 Å². The second-order valence-corrected chi connectivity index (χ2v) is 3.09. The molecular weight excluding hydrogens is 182 g/mol. The first-order valence-electron chi connectivity index (χ1n) is 4.27. The summed E-state index contributed by atoms with van der Waals surface area (Å²) in [4.78, 5) is 10.3. The van der Waals surface area contributed by atoms with Crippen molar-refractivity contribution in [2.45, 2.75) is 12.8 Å². The Bertz CT molecular complexity index is 325. The molecule has 0 saturated carbocycles. The summed E-state index contributed by atoms with van der Waals surface area (Å²) in [6.45, 7) is 2.25. The van der Waals surface area contributed by atoms with Gasteiger partial charge in [0.2, 0.25) is 0 Å². The van der Waals surface area contributed by atoms with Crippen molar-refractivity contribution in [3.8, 4) is 0 Å². The predicted molar refractivity (Wildman–Crippen MR) is 52.8 cm³/mol. The fourth-order valence-corrected chi connectivity index (χ4v) is 1.34. The van der Waals surface area contributed by atoms with E-state index in [2.05, 4.69) is 7.11 Å². The first-order chi connectivity index (χ1) is 6.66. The minimum Gasteiger partial charge on any atom is -0.378 e. The van der Waals surface area contributed by atoms with Gasteiger partial charge >= 0.3 is 0 Å². The molecule has 1 atom stereocenters. The molecule has 1 aromatic carbocycles. The van der Waals surface area contributed by atoms with E-state index in [9.17, 15) is 10.1 Å². The van der Waals surface area contributed by atoms with Crippen LogP contribution in [-0.2, 0) is 4.74 Å². The van der Waals surface area contributed by atoms with Gasteiger partial charge < -0.3 is 4.74 Å². The van der Waals surface area contributed by atoms with Gasteiger partial charge in [0.15, 0.2) is 0 Å². The van der Waals surface area contributed by atoms with Crippen LogP contribution in [0.4, 0.5) is 5.69 Å². The molecule has 4 heteroatoms. The largest absolute Gasteiger partial charge is 0.378 e. The van der Waals surface area contributed by atoms with Crippen LogP contribution in [0.2, 0.25) is 0 Å². The summed E-state index contributed by atoms with van der Waals surface area (Å²) in [7, 11) is 3.26. The van der Waals surface area contributed by atoms with Gasteiger partial charge in [-0.25, -0.2) is 0 Å². The van der Waals surface area contributed by atoms with E-state index in [-0.39, 0.29) is 16.5 Å². The Morgan fingerprint density at radius 1 is 1.57 bits per heavy atom. The Hall–Kier alpha value is -1.42. The second-order valence-electron chi connectivity index (χ2n) is 3.09. The topological polar surface area (TPSA) is 52.4 Å². The number of benzene rings is 1. The molecule has 1 unspecified atom stereocenters. The second kappa shape index (κ2) is 4.72. The molecule has 1 radical (unpaired) electrons. The molecule has 75 valence electrons. The van der Waals surface area contributed by atoms with E-state index in [1.165, 1.54) is 6.07 Å². The molecule has 0 saturated heterocycles. The van der Waals surface area contributed by atoms with E-state index in [0.29, 0.717) is 12.2 Å². The number of ether oxygens (including phenoxy) is 1. The number of nitro groups is 1. The van der Waals surface area contributed by atoms with Crippen molar-refractivity contribution < 1.29 is 9.66 Å². The zero-order chi connectivity index (χ0) is 10.6. The van der Waals surface area contributed by atoms with Crippen LogP contribution in [0.1, 0.15) is 18.4 Å². The lowest BCUT2D eigenvalue weighted by Gasteiger charge is -2.10. The molecule has 0 fully saturated rings. The van der Waals surface area contributed by atoms with Crippen molar-refractivity contribution >= 4 is 5.69 Å². The standard InChI is InChI=1S/C10H12NO3/c1-8(7-14-2)9-5-3-4-6-10(9)11(12)13/h3-6,8H,2,7H2,1H3. The minimum absolute atomic E-state index is 0.0194. The number of hydrogen-bond acceptors (Lipinski definition) is 3. The van der Waals surface area contributed by atoms with Crippen LogP contribution in [0.3, 0.4) is 0 Å².